The van der Waals surface area contributed by atoms with Crippen LogP contribution in [0.3, 0.4) is 0 Å². The van der Waals surface area contributed by atoms with Crippen LogP contribution in [-0.4, -0.2) is 32.0 Å². The first-order valence-electron chi connectivity index (χ1n) is 10.00. The summed E-state index contributed by atoms with van der Waals surface area (Å²) < 4.78 is 17.9. The lowest BCUT2D eigenvalue weighted by Gasteiger charge is -2.31. The zero-order valence-electron chi connectivity index (χ0n) is 17.6. The molecule has 5 nitrogen and oxygen atoms in total. The number of hydrogen-bond donors (Lipinski definition) is 1. The van der Waals surface area contributed by atoms with Crippen LogP contribution in [0.1, 0.15) is 39.2 Å². The molecule has 0 bridgehead atoms. The summed E-state index contributed by atoms with van der Waals surface area (Å²) in [5.74, 6) is 1.08. The topological polar surface area (TPSA) is 70.8 Å². The van der Waals surface area contributed by atoms with Crippen LogP contribution in [0, 0.1) is 11.3 Å². The molecule has 158 valence electrons. The number of fused-ring (bicyclic) bond motifs is 1. The van der Waals surface area contributed by atoms with Gasteiger partial charge in [0.05, 0.1) is 6.61 Å². The van der Waals surface area contributed by atoms with E-state index in [2.05, 4.69) is 54.9 Å². The minimum atomic E-state index is -0.706. The second-order valence-corrected chi connectivity index (χ2v) is 9.55. The Bertz CT molecular complexity index is 892. The van der Waals surface area contributed by atoms with Crippen molar-refractivity contribution in [1.82, 2.24) is 0 Å². The molecule has 2 unspecified atom stereocenters. The van der Waals surface area contributed by atoms with Crippen LogP contribution in [-0.2, 0) is 15.9 Å². The number of carbonyl (C=O) groups is 1. The van der Waals surface area contributed by atoms with Crippen molar-refractivity contribution in [2.45, 2.75) is 45.6 Å². The number of halogens is 1. The number of amides is 1. The average molecular weight is 464 g/mol. The summed E-state index contributed by atoms with van der Waals surface area (Å²) >= 11 is 3.80. The number of hydrogen-bond acceptors (Lipinski definition) is 4. The molecule has 2 N–H and O–H groups in total. The number of ether oxygens (including phenoxy) is 3. The SMILES string of the molecule is COCCCOc1cc(CC2CC2(OC(N)=O)C(C)(C)C)c(Br)c2ccccc12. The second kappa shape index (κ2) is 8.52. The molecule has 0 saturated heterocycles. The van der Waals surface area contributed by atoms with Gasteiger partial charge in [0.2, 0.25) is 0 Å². The first kappa shape index (κ1) is 21.9. The lowest BCUT2D eigenvalue weighted by atomic mass is 9.84. The fourth-order valence-corrected chi connectivity index (χ4v) is 4.82. The summed E-state index contributed by atoms with van der Waals surface area (Å²) in [6.07, 6.45) is 1.72. The number of primary amides is 1. The molecule has 0 aromatic heterocycles. The third-order valence-corrected chi connectivity index (χ3v) is 6.77. The summed E-state index contributed by atoms with van der Waals surface area (Å²) in [5.41, 5.74) is 5.82. The zero-order valence-corrected chi connectivity index (χ0v) is 19.2. The van der Waals surface area contributed by atoms with Gasteiger partial charge in [-0.2, -0.15) is 0 Å². The number of methoxy groups -OCH3 is 1. The van der Waals surface area contributed by atoms with Gasteiger partial charge in [0, 0.05) is 41.3 Å². The summed E-state index contributed by atoms with van der Waals surface area (Å²) in [6, 6.07) is 10.3. The number of nitrogens with two attached hydrogens (primary N) is 1. The van der Waals surface area contributed by atoms with E-state index in [9.17, 15) is 4.79 Å². The lowest BCUT2D eigenvalue weighted by Crippen LogP contribution is -2.38. The number of benzene rings is 2. The monoisotopic (exact) mass is 463 g/mol. The Balaban J connectivity index is 1.89. The number of carbonyl (C=O) groups excluding carboxylic acids is 1. The Hall–Kier alpha value is -1.79. The predicted molar refractivity (Wildman–Crippen MR) is 118 cm³/mol. The van der Waals surface area contributed by atoms with Gasteiger partial charge < -0.3 is 19.9 Å². The largest absolute Gasteiger partial charge is 0.493 e. The minimum absolute atomic E-state index is 0.185. The molecule has 2 aromatic carbocycles. The Morgan fingerprint density at radius 3 is 2.55 bits per heavy atom. The van der Waals surface area contributed by atoms with E-state index >= 15 is 0 Å². The van der Waals surface area contributed by atoms with Crippen molar-refractivity contribution < 1.29 is 19.0 Å². The summed E-state index contributed by atoms with van der Waals surface area (Å²) in [7, 11) is 1.69. The quantitative estimate of drug-likeness (QED) is 0.527. The third-order valence-electron chi connectivity index (χ3n) is 5.83. The van der Waals surface area contributed by atoms with E-state index in [1.54, 1.807) is 7.11 Å². The van der Waals surface area contributed by atoms with Gasteiger partial charge in [-0.25, -0.2) is 4.79 Å². The van der Waals surface area contributed by atoms with Crippen molar-refractivity contribution in [3.05, 3.63) is 40.4 Å². The molecule has 1 amide bonds. The van der Waals surface area contributed by atoms with Gasteiger partial charge in [-0.3, -0.25) is 0 Å². The first-order chi connectivity index (χ1) is 13.7. The van der Waals surface area contributed by atoms with E-state index in [1.807, 2.05) is 12.1 Å². The normalized spacial score (nSPS) is 21.2. The highest BCUT2D eigenvalue weighted by atomic mass is 79.9. The molecule has 29 heavy (non-hydrogen) atoms. The molecule has 2 aromatic rings. The van der Waals surface area contributed by atoms with Crippen LogP contribution in [0.4, 0.5) is 4.79 Å². The molecule has 0 radical (unpaired) electrons. The molecule has 1 saturated carbocycles. The van der Waals surface area contributed by atoms with E-state index < -0.39 is 11.7 Å². The zero-order chi connectivity index (χ0) is 21.2. The summed E-state index contributed by atoms with van der Waals surface area (Å²) in [6.45, 7) is 7.54. The van der Waals surface area contributed by atoms with Crippen molar-refractivity contribution in [2.75, 3.05) is 20.3 Å². The van der Waals surface area contributed by atoms with Gasteiger partial charge >= 0.3 is 6.09 Å². The maximum atomic E-state index is 11.5. The molecule has 6 heteroatoms. The van der Waals surface area contributed by atoms with Crippen molar-refractivity contribution >= 4 is 32.8 Å². The molecular weight excluding hydrogens is 434 g/mol. The van der Waals surface area contributed by atoms with Gasteiger partial charge in [0.1, 0.15) is 11.4 Å². The standard InChI is InChI=1S/C23H30BrNO4/c1-22(2,3)23(29-21(25)26)14-16(23)12-15-13-19(28-11-7-10-27-4)17-8-5-6-9-18(17)20(15)24/h5-6,8-9,13,16H,7,10-12,14H2,1-4H3,(H2,25,26). The Kier molecular flexibility index (Phi) is 6.44. The maximum absolute atomic E-state index is 11.5. The minimum Gasteiger partial charge on any atom is -0.493 e. The molecule has 1 aliphatic carbocycles. The molecule has 3 rings (SSSR count). The van der Waals surface area contributed by atoms with Crippen LogP contribution >= 0.6 is 15.9 Å². The molecule has 0 aliphatic heterocycles. The first-order valence-corrected chi connectivity index (χ1v) is 10.8. The van der Waals surface area contributed by atoms with E-state index in [4.69, 9.17) is 19.9 Å². The Labute approximate surface area is 181 Å². The van der Waals surface area contributed by atoms with Crippen LogP contribution < -0.4 is 10.5 Å². The van der Waals surface area contributed by atoms with Crippen molar-refractivity contribution in [3.63, 3.8) is 0 Å². The Morgan fingerprint density at radius 1 is 1.24 bits per heavy atom. The molecule has 0 spiro atoms. The molecular formula is C23H30BrNO4. The van der Waals surface area contributed by atoms with Gasteiger partial charge in [0.25, 0.3) is 0 Å². The van der Waals surface area contributed by atoms with Crippen LogP contribution in [0.5, 0.6) is 5.75 Å². The average Bonchev–Trinajstić information content (AvgIpc) is 3.35. The lowest BCUT2D eigenvalue weighted by molar-refractivity contribution is 0.00335. The van der Waals surface area contributed by atoms with Gasteiger partial charge in [-0.1, -0.05) is 45.0 Å². The van der Waals surface area contributed by atoms with Crippen LogP contribution in [0.25, 0.3) is 10.8 Å². The highest BCUT2D eigenvalue weighted by Crippen LogP contribution is 2.59. The number of rotatable bonds is 8. The molecule has 1 fully saturated rings. The summed E-state index contributed by atoms with van der Waals surface area (Å²) in [4.78, 5) is 11.5. The smallest absolute Gasteiger partial charge is 0.405 e. The Morgan fingerprint density at radius 2 is 1.93 bits per heavy atom. The van der Waals surface area contributed by atoms with Crippen molar-refractivity contribution in [2.24, 2.45) is 17.1 Å². The highest BCUT2D eigenvalue weighted by Gasteiger charge is 2.64. The second-order valence-electron chi connectivity index (χ2n) is 8.75. The van der Waals surface area contributed by atoms with E-state index in [1.165, 1.54) is 0 Å². The fraction of sp³-hybridized carbons (Fsp3) is 0.522. The third kappa shape index (κ3) is 4.53. The van der Waals surface area contributed by atoms with Crippen LogP contribution in [0.15, 0.2) is 34.8 Å². The molecule has 0 heterocycles. The van der Waals surface area contributed by atoms with E-state index in [0.717, 1.165) is 45.8 Å². The van der Waals surface area contributed by atoms with Crippen molar-refractivity contribution in [3.8, 4) is 5.75 Å². The van der Waals surface area contributed by atoms with Gasteiger partial charge in [-0.05, 0) is 45.8 Å². The van der Waals surface area contributed by atoms with E-state index in [-0.39, 0.29) is 11.3 Å². The van der Waals surface area contributed by atoms with Crippen molar-refractivity contribution in [1.29, 1.82) is 0 Å². The fourth-order valence-electron chi connectivity index (χ4n) is 4.20. The molecule has 2 atom stereocenters. The molecule has 1 aliphatic rings. The van der Waals surface area contributed by atoms with Crippen LogP contribution in [0.2, 0.25) is 0 Å². The predicted octanol–water partition coefficient (Wildman–Crippen LogP) is 5.46. The highest BCUT2D eigenvalue weighted by molar-refractivity contribution is 9.10. The van der Waals surface area contributed by atoms with E-state index in [0.29, 0.717) is 13.2 Å². The maximum Gasteiger partial charge on any atom is 0.405 e. The van der Waals surface area contributed by atoms with Gasteiger partial charge in [-0.15, -0.1) is 0 Å². The summed E-state index contributed by atoms with van der Waals surface area (Å²) in [5, 5.41) is 2.19. The van der Waals surface area contributed by atoms with Gasteiger partial charge in [0.15, 0.2) is 0 Å².